The molecule has 1 aromatic rings. The van der Waals surface area contributed by atoms with Crippen LogP contribution in [0.3, 0.4) is 0 Å². The first-order valence-corrected chi connectivity index (χ1v) is 8.68. The summed E-state index contributed by atoms with van der Waals surface area (Å²) in [6.07, 6.45) is 1.14. The molecule has 0 radical (unpaired) electrons. The molecule has 0 saturated carbocycles. The number of piperazine rings is 1. The lowest BCUT2D eigenvalue weighted by Crippen LogP contribution is -2.55. The monoisotopic (exact) mass is 353 g/mol. The van der Waals surface area contributed by atoms with Crippen molar-refractivity contribution >= 4 is 15.9 Å². The summed E-state index contributed by atoms with van der Waals surface area (Å²) in [5.41, 5.74) is 1.36. The second kappa shape index (κ2) is 7.73. The van der Waals surface area contributed by atoms with Gasteiger partial charge in [-0.2, -0.15) is 0 Å². The van der Waals surface area contributed by atoms with Crippen molar-refractivity contribution in [1.82, 2.24) is 15.1 Å². The van der Waals surface area contributed by atoms with E-state index in [2.05, 4.69) is 83.3 Å². The Bertz CT molecular complexity index is 439. The number of nitrogens with one attached hydrogen (secondary N) is 1. The van der Waals surface area contributed by atoms with Gasteiger partial charge in [-0.05, 0) is 46.0 Å². The van der Waals surface area contributed by atoms with Gasteiger partial charge in [-0.1, -0.05) is 34.1 Å². The first kappa shape index (κ1) is 16.9. The van der Waals surface area contributed by atoms with E-state index in [9.17, 15) is 0 Å². The Kier molecular flexibility index (Phi) is 6.23. The highest BCUT2D eigenvalue weighted by Gasteiger charge is 2.26. The van der Waals surface area contributed by atoms with E-state index in [1.54, 1.807) is 0 Å². The van der Waals surface area contributed by atoms with Crippen LogP contribution in [0.1, 0.15) is 31.9 Å². The van der Waals surface area contributed by atoms with Crippen LogP contribution in [0.2, 0.25) is 0 Å². The molecule has 1 aromatic carbocycles. The van der Waals surface area contributed by atoms with Gasteiger partial charge in [-0.25, -0.2) is 0 Å². The molecule has 1 aliphatic heterocycles. The Morgan fingerprint density at radius 1 is 1.24 bits per heavy atom. The molecule has 0 aliphatic carbocycles. The molecule has 3 unspecified atom stereocenters. The molecule has 21 heavy (non-hydrogen) atoms. The number of nitrogens with zero attached hydrogens (tertiary/aromatic N) is 2. The average molecular weight is 354 g/mol. The van der Waals surface area contributed by atoms with Crippen LogP contribution in [0.5, 0.6) is 0 Å². The summed E-state index contributed by atoms with van der Waals surface area (Å²) < 4.78 is 1.20. The maximum absolute atomic E-state index is 3.67. The molecule has 1 saturated heterocycles. The maximum Gasteiger partial charge on any atom is 0.0340 e. The Balaban J connectivity index is 1.93. The zero-order chi connectivity index (χ0) is 15.4. The topological polar surface area (TPSA) is 18.5 Å². The molecule has 0 amide bonds. The zero-order valence-corrected chi connectivity index (χ0v) is 15.2. The van der Waals surface area contributed by atoms with Gasteiger partial charge in [0, 0.05) is 42.2 Å². The molecule has 2 rings (SSSR count). The average Bonchev–Trinajstić information content (AvgIpc) is 2.47. The maximum atomic E-state index is 3.67. The Labute approximate surface area is 137 Å². The summed E-state index contributed by atoms with van der Waals surface area (Å²) in [6.45, 7) is 8.15. The van der Waals surface area contributed by atoms with Crippen LogP contribution >= 0.6 is 15.9 Å². The number of likely N-dealkylation sites (N-methyl/N-ethyl adjacent to an activating group) is 1. The van der Waals surface area contributed by atoms with Crippen LogP contribution in [0.15, 0.2) is 28.7 Å². The van der Waals surface area contributed by atoms with Crippen LogP contribution in [0.25, 0.3) is 0 Å². The third-order valence-electron chi connectivity index (χ3n) is 4.80. The number of hydrogen-bond donors (Lipinski definition) is 1. The van der Waals surface area contributed by atoms with Gasteiger partial charge in [0.2, 0.25) is 0 Å². The van der Waals surface area contributed by atoms with Crippen LogP contribution in [-0.2, 0) is 0 Å². The van der Waals surface area contributed by atoms with E-state index in [1.807, 2.05) is 0 Å². The van der Waals surface area contributed by atoms with Crippen LogP contribution in [-0.4, -0.2) is 55.6 Å². The van der Waals surface area contributed by atoms with E-state index in [-0.39, 0.29) is 0 Å². The molecule has 1 heterocycles. The molecule has 1 aliphatic rings. The number of hydrogen-bond acceptors (Lipinski definition) is 3. The minimum absolute atomic E-state index is 0.408. The second-order valence-corrected chi connectivity index (χ2v) is 7.13. The predicted molar refractivity (Wildman–Crippen MR) is 93.7 cm³/mol. The van der Waals surface area contributed by atoms with Crippen LogP contribution < -0.4 is 5.32 Å². The van der Waals surface area contributed by atoms with Crippen LogP contribution in [0, 0.1) is 0 Å². The zero-order valence-electron chi connectivity index (χ0n) is 13.6. The van der Waals surface area contributed by atoms with Crippen molar-refractivity contribution in [2.75, 3.05) is 33.7 Å². The quantitative estimate of drug-likeness (QED) is 0.877. The molecule has 1 N–H and O–H groups in total. The van der Waals surface area contributed by atoms with Gasteiger partial charge in [-0.15, -0.1) is 0 Å². The largest absolute Gasteiger partial charge is 0.313 e. The van der Waals surface area contributed by atoms with E-state index in [0.29, 0.717) is 18.1 Å². The molecule has 118 valence electrons. The summed E-state index contributed by atoms with van der Waals surface area (Å²) in [5.74, 6) is 0. The lowest BCUT2D eigenvalue weighted by molar-refractivity contribution is 0.0579. The lowest BCUT2D eigenvalue weighted by Gasteiger charge is -2.42. The van der Waals surface area contributed by atoms with E-state index >= 15 is 0 Å². The Morgan fingerprint density at radius 2 is 1.86 bits per heavy atom. The fourth-order valence-corrected chi connectivity index (χ4v) is 3.78. The molecule has 0 bridgehead atoms. The fourth-order valence-electron chi connectivity index (χ4n) is 3.22. The van der Waals surface area contributed by atoms with Crippen molar-refractivity contribution in [2.24, 2.45) is 0 Å². The molecular weight excluding hydrogens is 326 g/mol. The standard InChI is InChI=1S/C17H28BrN3/c1-13-11-21(12-14(2)20(13)4)10-9-17(19-3)15-7-5-6-8-16(15)18/h5-8,13-14,17,19H,9-12H2,1-4H3. The molecule has 0 spiro atoms. The minimum Gasteiger partial charge on any atom is -0.313 e. The van der Waals surface area contributed by atoms with E-state index in [0.717, 1.165) is 13.0 Å². The fraction of sp³-hybridized carbons (Fsp3) is 0.647. The van der Waals surface area contributed by atoms with Gasteiger partial charge < -0.3 is 10.2 Å². The van der Waals surface area contributed by atoms with Gasteiger partial charge in [0.15, 0.2) is 0 Å². The molecular formula is C17H28BrN3. The Hall–Kier alpha value is -0.420. The third-order valence-corrected chi connectivity index (χ3v) is 5.52. The van der Waals surface area contributed by atoms with Crippen molar-refractivity contribution in [1.29, 1.82) is 0 Å². The van der Waals surface area contributed by atoms with Crippen molar-refractivity contribution in [3.63, 3.8) is 0 Å². The highest BCUT2D eigenvalue weighted by molar-refractivity contribution is 9.10. The SMILES string of the molecule is CNC(CCN1CC(C)N(C)C(C)C1)c1ccccc1Br. The van der Waals surface area contributed by atoms with Crippen molar-refractivity contribution in [3.05, 3.63) is 34.3 Å². The van der Waals surface area contributed by atoms with Crippen LogP contribution in [0.4, 0.5) is 0 Å². The lowest BCUT2D eigenvalue weighted by atomic mass is 10.0. The minimum atomic E-state index is 0.408. The molecule has 4 heteroatoms. The molecule has 0 aromatic heterocycles. The summed E-state index contributed by atoms with van der Waals surface area (Å²) in [7, 11) is 4.30. The van der Waals surface area contributed by atoms with E-state index in [1.165, 1.54) is 23.1 Å². The summed E-state index contributed by atoms with van der Waals surface area (Å²) in [4.78, 5) is 5.09. The van der Waals surface area contributed by atoms with Crippen molar-refractivity contribution < 1.29 is 0 Å². The predicted octanol–water partition coefficient (Wildman–Crippen LogP) is 3.12. The number of rotatable bonds is 5. The van der Waals surface area contributed by atoms with Gasteiger partial charge in [0.1, 0.15) is 0 Å². The molecule has 3 nitrogen and oxygen atoms in total. The summed E-state index contributed by atoms with van der Waals surface area (Å²) >= 11 is 3.67. The first-order chi connectivity index (χ1) is 10.0. The first-order valence-electron chi connectivity index (χ1n) is 7.89. The van der Waals surface area contributed by atoms with Gasteiger partial charge in [0.25, 0.3) is 0 Å². The normalized spacial score (nSPS) is 26.0. The van der Waals surface area contributed by atoms with Gasteiger partial charge >= 0.3 is 0 Å². The number of halogens is 1. The third kappa shape index (κ3) is 4.28. The van der Waals surface area contributed by atoms with E-state index in [4.69, 9.17) is 0 Å². The van der Waals surface area contributed by atoms with Crippen molar-refractivity contribution in [2.45, 2.75) is 38.4 Å². The molecule has 3 atom stereocenters. The van der Waals surface area contributed by atoms with E-state index < -0.39 is 0 Å². The number of benzene rings is 1. The summed E-state index contributed by atoms with van der Waals surface area (Å²) in [5, 5.41) is 3.46. The Morgan fingerprint density at radius 3 is 2.43 bits per heavy atom. The summed E-state index contributed by atoms with van der Waals surface area (Å²) in [6, 6.07) is 10.2. The highest BCUT2D eigenvalue weighted by Crippen LogP contribution is 2.26. The highest BCUT2D eigenvalue weighted by atomic mass is 79.9. The molecule has 1 fully saturated rings. The van der Waals surface area contributed by atoms with Gasteiger partial charge in [0.05, 0.1) is 0 Å². The second-order valence-electron chi connectivity index (χ2n) is 6.27. The smallest absolute Gasteiger partial charge is 0.0340 e. The van der Waals surface area contributed by atoms with Gasteiger partial charge in [-0.3, -0.25) is 4.90 Å². The van der Waals surface area contributed by atoms with Crippen molar-refractivity contribution in [3.8, 4) is 0 Å².